The Labute approximate surface area is 107 Å². The SMILES string of the molecule is N=C(N)SCC(=O)Nc1ccc(Cl)c(Cl)c1. The monoisotopic (exact) mass is 277 g/mol. The second kappa shape index (κ2) is 5.98. The fourth-order valence-electron chi connectivity index (χ4n) is 0.914. The number of thioether (sulfide) groups is 1. The third kappa shape index (κ3) is 4.30. The molecule has 86 valence electrons. The van der Waals surface area contributed by atoms with Gasteiger partial charge in [-0.25, -0.2) is 0 Å². The van der Waals surface area contributed by atoms with E-state index < -0.39 is 0 Å². The second-order valence-electron chi connectivity index (χ2n) is 2.83. The zero-order valence-corrected chi connectivity index (χ0v) is 10.4. The summed E-state index contributed by atoms with van der Waals surface area (Å²) in [6, 6.07) is 4.79. The molecule has 1 amide bonds. The van der Waals surface area contributed by atoms with E-state index in [0.29, 0.717) is 15.7 Å². The van der Waals surface area contributed by atoms with Gasteiger partial charge in [0.2, 0.25) is 5.91 Å². The molecule has 4 N–H and O–H groups in total. The van der Waals surface area contributed by atoms with Gasteiger partial charge in [-0.05, 0) is 18.2 Å². The van der Waals surface area contributed by atoms with Crippen molar-refractivity contribution in [2.75, 3.05) is 11.1 Å². The normalized spacial score (nSPS) is 9.88. The van der Waals surface area contributed by atoms with E-state index in [4.69, 9.17) is 34.3 Å². The number of rotatable bonds is 3. The van der Waals surface area contributed by atoms with E-state index in [1.165, 1.54) is 0 Å². The Kier molecular flexibility index (Phi) is 4.92. The first-order valence-electron chi connectivity index (χ1n) is 4.21. The fourth-order valence-corrected chi connectivity index (χ4v) is 1.57. The minimum Gasteiger partial charge on any atom is -0.379 e. The molecule has 0 aromatic heterocycles. The van der Waals surface area contributed by atoms with E-state index >= 15 is 0 Å². The number of carbonyl (C=O) groups is 1. The predicted molar refractivity (Wildman–Crippen MR) is 69.5 cm³/mol. The van der Waals surface area contributed by atoms with E-state index in [-0.39, 0.29) is 16.8 Å². The van der Waals surface area contributed by atoms with Crippen LogP contribution in [-0.4, -0.2) is 16.8 Å². The molecule has 7 heteroatoms. The second-order valence-corrected chi connectivity index (χ2v) is 4.66. The van der Waals surface area contributed by atoms with E-state index in [1.54, 1.807) is 18.2 Å². The Hall–Kier alpha value is -0.910. The smallest absolute Gasteiger partial charge is 0.234 e. The highest BCUT2D eigenvalue weighted by molar-refractivity contribution is 8.14. The van der Waals surface area contributed by atoms with Gasteiger partial charge in [0.05, 0.1) is 15.8 Å². The largest absolute Gasteiger partial charge is 0.379 e. The van der Waals surface area contributed by atoms with E-state index in [9.17, 15) is 4.79 Å². The number of nitrogens with two attached hydrogens (primary N) is 1. The van der Waals surface area contributed by atoms with Gasteiger partial charge in [0.25, 0.3) is 0 Å². The van der Waals surface area contributed by atoms with Crippen molar-refractivity contribution in [2.24, 2.45) is 5.73 Å². The van der Waals surface area contributed by atoms with Crippen molar-refractivity contribution in [1.82, 2.24) is 0 Å². The third-order valence-corrected chi connectivity index (χ3v) is 3.02. The molecule has 4 nitrogen and oxygen atoms in total. The van der Waals surface area contributed by atoms with E-state index in [1.807, 2.05) is 0 Å². The molecule has 0 spiro atoms. The molecule has 0 unspecified atom stereocenters. The van der Waals surface area contributed by atoms with Crippen molar-refractivity contribution in [1.29, 1.82) is 5.41 Å². The first-order valence-corrected chi connectivity index (χ1v) is 5.95. The minimum atomic E-state index is -0.251. The number of hydrogen-bond acceptors (Lipinski definition) is 3. The van der Waals surface area contributed by atoms with Crippen LogP contribution in [0.2, 0.25) is 10.0 Å². The van der Waals surface area contributed by atoms with Crippen LogP contribution in [0.1, 0.15) is 0 Å². The maximum absolute atomic E-state index is 11.4. The lowest BCUT2D eigenvalue weighted by molar-refractivity contribution is -0.113. The van der Waals surface area contributed by atoms with Gasteiger partial charge >= 0.3 is 0 Å². The van der Waals surface area contributed by atoms with Crippen LogP contribution in [0.4, 0.5) is 5.69 Å². The van der Waals surface area contributed by atoms with Gasteiger partial charge < -0.3 is 11.1 Å². The number of benzene rings is 1. The molecule has 1 rings (SSSR count). The Balaban J connectivity index is 2.56. The summed E-state index contributed by atoms with van der Waals surface area (Å²) in [6.45, 7) is 0. The molecular formula is C9H9Cl2N3OS. The van der Waals surface area contributed by atoms with Crippen LogP contribution in [0.25, 0.3) is 0 Å². The molecule has 1 aromatic carbocycles. The molecule has 0 heterocycles. The number of amides is 1. The fraction of sp³-hybridized carbons (Fsp3) is 0.111. The van der Waals surface area contributed by atoms with Crippen LogP contribution in [0.5, 0.6) is 0 Å². The van der Waals surface area contributed by atoms with Crippen LogP contribution >= 0.6 is 35.0 Å². The molecular weight excluding hydrogens is 269 g/mol. The molecule has 16 heavy (non-hydrogen) atoms. The molecule has 0 bridgehead atoms. The Morgan fingerprint density at radius 1 is 1.44 bits per heavy atom. The number of carbonyl (C=O) groups excluding carboxylic acids is 1. The first kappa shape index (κ1) is 13.2. The summed E-state index contributed by atoms with van der Waals surface area (Å²) in [7, 11) is 0. The summed E-state index contributed by atoms with van der Waals surface area (Å²) in [5, 5.41) is 10.3. The Morgan fingerprint density at radius 3 is 2.69 bits per heavy atom. The number of anilines is 1. The Morgan fingerprint density at radius 2 is 2.12 bits per heavy atom. The summed E-state index contributed by atoms with van der Waals surface area (Å²) < 4.78 is 0. The van der Waals surface area contributed by atoms with Crippen LogP contribution in [0, 0.1) is 5.41 Å². The lowest BCUT2D eigenvalue weighted by Crippen LogP contribution is -2.17. The highest BCUT2D eigenvalue weighted by Gasteiger charge is 2.05. The lowest BCUT2D eigenvalue weighted by atomic mass is 10.3. The summed E-state index contributed by atoms with van der Waals surface area (Å²) in [6.07, 6.45) is 0. The van der Waals surface area contributed by atoms with Gasteiger partial charge in [0.1, 0.15) is 0 Å². The molecule has 0 saturated heterocycles. The molecule has 0 aliphatic rings. The van der Waals surface area contributed by atoms with Gasteiger partial charge in [-0.2, -0.15) is 0 Å². The molecule has 0 radical (unpaired) electrons. The zero-order chi connectivity index (χ0) is 12.1. The predicted octanol–water partition coefficient (Wildman–Crippen LogP) is 2.56. The van der Waals surface area contributed by atoms with Crippen molar-refractivity contribution in [2.45, 2.75) is 0 Å². The highest BCUT2D eigenvalue weighted by atomic mass is 35.5. The summed E-state index contributed by atoms with van der Waals surface area (Å²) >= 11 is 12.5. The van der Waals surface area contributed by atoms with Crippen molar-refractivity contribution in [3.63, 3.8) is 0 Å². The van der Waals surface area contributed by atoms with Crippen LogP contribution in [-0.2, 0) is 4.79 Å². The van der Waals surface area contributed by atoms with Crippen LogP contribution < -0.4 is 11.1 Å². The lowest BCUT2D eigenvalue weighted by Gasteiger charge is -2.05. The van der Waals surface area contributed by atoms with Crippen molar-refractivity contribution in [3.8, 4) is 0 Å². The number of halogens is 2. The topological polar surface area (TPSA) is 79.0 Å². The maximum atomic E-state index is 11.4. The van der Waals surface area contributed by atoms with Crippen molar-refractivity contribution < 1.29 is 4.79 Å². The molecule has 0 fully saturated rings. The first-order chi connectivity index (χ1) is 7.49. The number of nitrogens with one attached hydrogen (secondary N) is 2. The molecule has 0 saturated carbocycles. The van der Waals surface area contributed by atoms with Gasteiger partial charge in [-0.3, -0.25) is 10.2 Å². The van der Waals surface area contributed by atoms with Crippen molar-refractivity contribution >= 4 is 51.7 Å². The van der Waals surface area contributed by atoms with E-state index in [0.717, 1.165) is 11.8 Å². The highest BCUT2D eigenvalue weighted by Crippen LogP contribution is 2.24. The summed E-state index contributed by atoms with van der Waals surface area (Å²) in [5.74, 6) is -0.158. The Bertz CT molecular complexity index is 425. The standard InChI is InChI=1S/C9H9Cl2N3OS/c10-6-2-1-5(3-7(6)11)14-8(15)4-16-9(12)13/h1-3H,4H2,(H3,12,13)(H,14,15). The van der Waals surface area contributed by atoms with Crippen molar-refractivity contribution in [3.05, 3.63) is 28.2 Å². The molecule has 0 aliphatic carbocycles. The maximum Gasteiger partial charge on any atom is 0.234 e. The quantitative estimate of drug-likeness (QED) is 0.587. The zero-order valence-electron chi connectivity index (χ0n) is 8.09. The summed E-state index contributed by atoms with van der Waals surface area (Å²) in [4.78, 5) is 11.4. The van der Waals surface area contributed by atoms with Gasteiger partial charge in [-0.1, -0.05) is 35.0 Å². The van der Waals surface area contributed by atoms with E-state index in [2.05, 4.69) is 5.32 Å². The van der Waals surface area contributed by atoms with Gasteiger partial charge in [0.15, 0.2) is 5.17 Å². The molecule has 0 aliphatic heterocycles. The molecule has 1 aromatic rings. The average Bonchev–Trinajstić information content (AvgIpc) is 2.21. The van der Waals surface area contributed by atoms with Gasteiger partial charge in [0, 0.05) is 5.69 Å². The average molecular weight is 278 g/mol. The van der Waals surface area contributed by atoms with Gasteiger partial charge in [-0.15, -0.1) is 0 Å². The third-order valence-electron chi connectivity index (χ3n) is 1.56. The summed E-state index contributed by atoms with van der Waals surface area (Å²) in [5.41, 5.74) is 5.66. The number of amidine groups is 1. The van der Waals surface area contributed by atoms with Crippen LogP contribution in [0.15, 0.2) is 18.2 Å². The van der Waals surface area contributed by atoms with Crippen LogP contribution in [0.3, 0.4) is 0 Å². The number of hydrogen-bond donors (Lipinski definition) is 3. The minimum absolute atomic E-state index is 0.0928. The molecule has 0 atom stereocenters.